The van der Waals surface area contributed by atoms with Gasteiger partial charge < -0.3 is 0 Å². The molecule has 0 radical (unpaired) electrons. The minimum absolute atomic E-state index is 0.948. The SMILES string of the molecule is CCCC(C)CC(C)C[C+]1CC1. The van der Waals surface area contributed by atoms with Crippen LogP contribution < -0.4 is 0 Å². The van der Waals surface area contributed by atoms with E-state index in [1.807, 2.05) is 5.92 Å². The maximum atomic E-state index is 2.41. The fourth-order valence-electron chi connectivity index (χ4n) is 2.17. The molecule has 70 valence electrons. The molecule has 0 bridgehead atoms. The molecule has 0 aromatic rings. The van der Waals surface area contributed by atoms with Gasteiger partial charge in [0.1, 0.15) is 12.8 Å². The third-order valence-corrected chi connectivity index (χ3v) is 2.83. The zero-order valence-corrected chi connectivity index (χ0v) is 8.90. The van der Waals surface area contributed by atoms with Crippen LogP contribution in [0.15, 0.2) is 0 Å². The first-order valence-electron chi connectivity index (χ1n) is 5.56. The predicted molar refractivity (Wildman–Crippen MR) is 54.9 cm³/mol. The van der Waals surface area contributed by atoms with Gasteiger partial charge in [0, 0.05) is 0 Å². The molecule has 0 nitrogen and oxygen atoms in total. The molecule has 0 aromatic carbocycles. The van der Waals surface area contributed by atoms with E-state index in [0.29, 0.717) is 0 Å². The lowest BCUT2D eigenvalue weighted by atomic mass is 9.90. The van der Waals surface area contributed by atoms with E-state index in [1.165, 1.54) is 38.5 Å². The molecule has 2 atom stereocenters. The number of hydrogen-bond donors (Lipinski definition) is 0. The predicted octanol–water partition coefficient (Wildman–Crippen LogP) is 4.21. The highest BCUT2D eigenvalue weighted by molar-refractivity contribution is 5.05. The Morgan fingerprint density at radius 3 is 2.33 bits per heavy atom. The molecule has 1 fully saturated rings. The maximum Gasteiger partial charge on any atom is 0.130 e. The van der Waals surface area contributed by atoms with Crippen LogP contribution in [0.1, 0.15) is 59.3 Å². The lowest BCUT2D eigenvalue weighted by Crippen LogP contribution is -2.03. The fourth-order valence-corrected chi connectivity index (χ4v) is 2.17. The van der Waals surface area contributed by atoms with Crippen LogP contribution in [-0.2, 0) is 0 Å². The molecule has 1 aliphatic carbocycles. The summed E-state index contributed by atoms with van der Waals surface area (Å²) in [6, 6.07) is 0. The standard InChI is InChI=1S/C12H23/c1-4-5-10(2)8-11(3)9-12-6-7-12/h10-11H,4-9H2,1-3H3/q+1. The summed E-state index contributed by atoms with van der Waals surface area (Å²) in [6.07, 6.45) is 8.51. The van der Waals surface area contributed by atoms with Crippen molar-refractivity contribution in [1.82, 2.24) is 0 Å². The third kappa shape index (κ3) is 4.04. The van der Waals surface area contributed by atoms with E-state index in [0.717, 1.165) is 11.8 Å². The van der Waals surface area contributed by atoms with Crippen LogP contribution in [0.5, 0.6) is 0 Å². The van der Waals surface area contributed by atoms with Crippen molar-refractivity contribution >= 4 is 0 Å². The molecule has 1 saturated carbocycles. The molecular formula is C12H23+. The molecule has 0 spiro atoms. The summed E-state index contributed by atoms with van der Waals surface area (Å²) in [4.78, 5) is 0. The molecule has 0 heteroatoms. The van der Waals surface area contributed by atoms with Crippen LogP contribution >= 0.6 is 0 Å². The first-order valence-corrected chi connectivity index (χ1v) is 5.56. The van der Waals surface area contributed by atoms with Crippen LogP contribution in [-0.4, -0.2) is 0 Å². The summed E-state index contributed by atoms with van der Waals surface area (Å²) < 4.78 is 0. The highest BCUT2D eigenvalue weighted by Crippen LogP contribution is 2.39. The Morgan fingerprint density at radius 1 is 1.17 bits per heavy atom. The average molecular weight is 167 g/mol. The van der Waals surface area contributed by atoms with Gasteiger partial charge in [-0.15, -0.1) is 0 Å². The number of hydrogen-bond acceptors (Lipinski definition) is 0. The fraction of sp³-hybridized carbons (Fsp3) is 0.917. The Bertz CT molecular complexity index is 113. The van der Waals surface area contributed by atoms with E-state index < -0.39 is 0 Å². The minimum atomic E-state index is 0.948. The monoisotopic (exact) mass is 167 g/mol. The molecule has 0 N–H and O–H groups in total. The third-order valence-electron chi connectivity index (χ3n) is 2.83. The lowest BCUT2D eigenvalue weighted by molar-refractivity contribution is 0.386. The van der Waals surface area contributed by atoms with E-state index in [1.54, 1.807) is 0 Å². The average Bonchev–Trinajstić information content (AvgIpc) is 2.71. The van der Waals surface area contributed by atoms with E-state index in [2.05, 4.69) is 20.8 Å². The zero-order chi connectivity index (χ0) is 8.97. The largest absolute Gasteiger partial charge is 0.130 e. The van der Waals surface area contributed by atoms with Gasteiger partial charge in [0.2, 0.25) is 0 Å². The second-order valence-electron chi connectivity index (χ2n) is 4.69. The Labute approximate surface area is 77.7 Å². The normalized spacial score (nSPS) is 20.8. The van der Waals surface area contributed by atoms with Crippen LogP contribution in [0.3, 0.4) is 0 Å². The number of rotatable bonds is 6. The second kappa shape index (κ2) is 4.79. The minimum Gasteiger partial charge on any atom is -0.0654 e. The van der Waals surface area contributed by atoms with Crippen LogP contribution in [0.2, 0.25) is 0 Å². The molecule has 0 aliphatic heterocycles. The van der Waals surface area contributed by atoms with Gasteiger partial charge in [-0.05, 0) is 18.3 Å². The van der Waals surface area contributed by atoms with Crippen LogP contribution in [0, 0.1) is 17.8 Å². The molecule has 0 aromatic heterocycles. The highest BCUT2D eigenvalue weighted by atomic mass is 14.3. The van der Waals surface area contributed by atoms with Gasteiger partial charge in [-0.25, -0.2) is 0 Å². The Morgan fingerprint density at radius 2 is 1.83 bits per heavy atom. The van der Waals surface area contributed by atoms with Gasteiger partial charge in [-0.2, -0.15) is 0 Å². The van der Waals surface area contributed by atoms with Gasteiger partial charge in [0.15, 0.2) is 0 Å². The van der Waals surface area contributed by atoms with Crippen molar-refractivity contribution in [1.29, 1.82) is 0 Å². The Hall–Kier alpha value is -0.130. The summed E-state index contributed by atoms with van der Waals surface area (Å²) in [5.74, 6) is 3.72. The molecular weight excluding hydrogens is 144 g/mol. The van der Waals surface area contributed by atoms with Crippen molar-refractivity contribution in [2.24, 2.45) is 11.8 Å². The van der Waals surface area contributed by atoms with Gasteiger partial charge >= 0.3 is 0 Å². The van der Waals surface area contributed by atoms with Crippen LogP contribution in [0.25, 0.3) is 0 Å². The van der Waals surface area contributed by atoms with Crippen LogP contribution in [0.4, 0.5) is 0 Å². The molecule has 2 unspecified atom stereocenters. The summed E-state index contributed by atoms with van der Waals surface area (Å²) in [6.45, 7) is 7.10. The van der Waals surface area contributed by atoms with E-state index >= 15 is 0 Å². The molecule has 1 aliphatic rings. The summed E-state index contributed by atoms with van der Waals surface area (Å²) in [5.41, 5.74) is 0. The Balaban J connectivity index is 2.02. The smallest absolute Gasteiger partial charge is 0.0654 e. The lowest BCUT2D eigenvalue weighted by Gasteiger charge is -2.13. The van der Waals surface area contributed by atoms with E-state index in [4.69, 9.17) is 0 Å². The van der Waals surface area contributed by atoms with Gasteiger partial charge in [-0.1, -0.05) is 33.6 Å². The maximum absolute atomic E-state index is 2.41. The van der Waals surface area contributed by atoms with Crippen molar-refractivity contribution in [3.05, 3.63) is 5.92 Å². The molecule has 0 heterocycles. The topological polar surface area (TPSA) is 0 Å². The van der Waals surface area contributed by atoms with Gasteiger partial charge in [0.25, 0.3) is 0 Å². The second-order valence-corrected chi connectivity index (χ2v) is 4.69. The van der Waals surface area contributed by atoms with Gasteiger partial charge in [0.05, 0.1) is 12.3 Å². The summed E-state index contributed by atoms with van der Waals surface area (Å²) in [5, 5.41) is 0. The molecule has 0 amide bonds. The summed E-state index contributed by atoms with van der Waals surface area (Å²) in [7, 11) is 0. The van der Waals surface area contributed by atoms with Crippen molar-refractivity contribution in [2.45, 2.75) is 59.3 Å². The first kappa shape index (κ1) is 9.95. The van der Waals surface area contributed by atoms with Crippen molar-refractivity contribution in [3.8, 4) is 0 Å². The molecule has 0 saturated heterocycles. The quantitative estimate of drug-likeness (QED) is 0.520. The Kier molecular flexibility index (Phi) is 3.97. The zero-order valence-electron chi connectivity index (χ0n) is 8.90. The summed E-state index contributed by atoms with van der Waals surface area (Å²) >= 11 is 0. The highest BCUT2D eigenvalue weighted by Gasteiger charge is 2.37. The van der Waals surface area contributed by atoms with Gasteiger partial charge in [-0.3, -0.25) is 0 Å². The van der Waals surface area contributed by atoms with Crippen molar-refractivity contribution in [3.63, 3.8) is 0 Å². The molecule has 12 heavy (non-hydrogen) atoms. The van der Waals surface area contributed by atoms with Crippen molar-refractivity contribution in [2.75, 3.05) is 0 Å². The van der Waals surface area contributed by atoms with E-state index in [9.17, 15) is 0 Å². The molecule has 1 rings (SSSR count). The van der Waals surface area contributed by atoms with E-state index in [-0.39, 0.29) is 0 Å². The van der Waals surface area contributed by atoms with Crippen molar-refractivity contribution < 1.29 is 0 Å². The first-order chi connectivity index (χ1) is 5.72.